The maximum Gasteiger partial charge on any atom is 0.319 e. The lowest BCUT2D eigenvalue weighted by atomic mass is 10.1. The van der Waals surface area contributed by atoms with Crippen LogP contribution in [0.5, 0.6) is 0 Å². The topological polar surface area (TPSA) is 73.0 Å². The van der Waals surface area contributed by atoms with Crippen LogP contribution in [0.3, 0.4) is 0 Å². The molecule has 7 nitrogen and oxygen atoms in total. The molecule has 4 amide bonds. The highest BCUT2D eigenvalue weighted by Crippen LogP contribution is 2.18. The van der Waals surface area contributed by atoms with Crippen molar-refractivity contribution >= 4 is 23.5 Å². The molecule has 2 rings (SSSR count). The monoisotopic (exact) mass is 358 g/mol. The van der Waals surface area contributed by atoms with Gasteiger partial charge in [0.25, 0.3) is 0 Å². The van der Waals surface area contributed by atoms with Crippen molar-refractivity contribution < 1.29 is 14.4 Å². The molecule has 1 unspecified atom stereocenters. The van der Waals surface area contributed by atoms with Crippen LogP contribution in [0.2, 0.25) is 0 Å². The minimum absolute atomic E-state index is 0.0189. The Morgan fingerprint density at radius 1 is 1.31 bits per heavy atom. The normalized spacial score (nSPS) is 16.1. The summed E-state index contributed by atoms with van der Waals surface area (Å²) in [5, 5.41) is 2.69. The maximum atomic E-state index is 12.6. The fraction of sp³-hybridized carbons (Fsp3) is 0.421. The second-order valence-electron chi connectivity index (χ2n) is 6.64. The van der Waals surface area contributed by atoms with Crippen LogP contribution < -0.4 is 5.32 Å². The van der Waals surface area contributed by atoms with Gasteiger partial charge in [-0.3, -0.25) is 9.59 Å². The first-order chi connectivity index (χ1) is 12.3. The highest BCUT2D eigenvalue weighted by atomic mass is 16.2. The molecule has 1 fully saturated rings. The molecule has 0 bridgehead atoms. The highest BCUT2D eigenvalue weighted by Gasteiger charge is 2.31. The second-order valence-corrected chi connectivity index (χ2v) is 6.64. The van der Waals surface area contributed by atoms with E-state index in [4.69, 9.17) is 0 Å². The third kappa shape index (κ3) is 4.84. The van der Waals surface area contributed by atoms with E-state index in [0.717, 1.165) is 12.0 Å². The number of urea groups is 1. The number of nitrogens with one attached hydrogen (secondary N) is 1. The third-order valence-electron chi connectivity index (χ3n) is 4.48. The Bertz CT molecular complexity index is 702. The summed E-state index contributed by atoms with van der Waals surface area (Å²) in [6, 6.07) is 7.19. The smallest absolute Gasteiger partial charge is 0.319 e. The number of rotatable bonds is 5. The van der Waals surface area contributed by atoms with Crippen molar-refractivity contribution in [2.75, 3.05) is 39.5 Å². The summed E-state index contributed by atoms with van der Waals surface area (Å²) in [6.45, 7) is 4.60. The lowest BCUT2D eigenvalue weighted by Gasteiger charge is -2.27. The number of likely N-dealkylation sites (N-methyl/N-ethyl adjacent to an activating group) is 1. The van der Waals surface area contributed by atoms with E-state index < -0.39 is 0 Å². The number of benzene rings is 1. The minimum Gasteiger partial charge on any atom is -0.340 e. The molecule has 1 aliphatic rings. The number of hydrogen-bond donors (Lipinski definition) is 1. The van der Waals surface area contributed by atoms with Crippen molar-refractivity contribution in [1.29, 1.82) is 0 Å². The van der Waals surface area contributed by atoms with Crippen LogP contribution in [-0.4, -0.2) is 72.8 Å². The summed E-state index contributed by atoms with van der Waals surface area (Å²) in [4.78, 5) is 41.0. The Kier molecular flexibility index (Phi) is 6.38. The summed E-state index contributed by atoms with van der Waals surface area (Å²) in [6.07, 6.45) is 2.24. The molecule has 140 valence electrons. The fourth-order valence-corrected chi connectivity index (χ4v) is 2.99. The Hall–Kier alpha value is -2.83. The first kappa shape index (κ1) is 19.5. The fourth-order valence-electron chi connectivity index (χ4n) is 2.99. The van der Waals surface area contributed by atoms with Crippen molar-refractivity contribution in [3.8, 4) is 0 Å². The number of likely N-dealkylation sites (tertiary alicyclic amines) is 1. The minimum atomic E-state index is -0.288. The third-order valence-corrected chi connectivity index (χ3v) is 4.48. The molecule has 0 aliphatic carbocycles. The summed E-state index contributed by atoms with van der Waals surface area (Å²) in [5.74, 6) is -0.269. The molecule has 0 radical (unpaired) electrons. The average molecular weight is 358 g/mol. The van der Waals surface area contributed by atoms with Gasteiger partial charge in [-0.1, -0.05) is 18.7 Å². The molecule has 0 spiro atoms. The van der Waals surface area contributed by atoms with Crippen molar-refractivity contribution in [3.63, 3.8) is 0 Å². The van der Waals surface area contributed by atoms with Gasteiger partial charge in [0, 0.05) is 39.9 Å². The predicted molar refractivity (Wildman–Crippen MR) is 101 cm³/mol. The number of hydrogen-bond acceptors (Lipinski definition) is 3. The van der Waals surface area contributed by atoms with Gasteiger partial charge in [-0.2, -0.15) is 0 Å². The molecule has 26 heavy (non-hydrogen) atoms. The van der Waals surface area contributed by atoms with Crippen LogP contribution >= 0.6 is 0 Å². The molecule has 0 saturated carbocycles. The zero-order chi connectivity index (χ0) is 19.3. The van der Waals surface area contributed by atoms with Gasteiger partial charge in [0.2, 0.25) is 11.8 Å². The molecule has 1 atom stereocenters. The van der Waals surface area contributed by atoms with Crippen molar-refractivity contribution in [2.45, 2.75) is 18.9 Å². The predicted octanol–water partition coefficient (Wildman–Crippen LogP) is 1.57. The van der Waals surface area contributed by atoms with Crippen LogP contribution in [0.1, 0.15) is 12.0 Å². The first-order valence-corrected chi connectivity index (χ1v) is 8.56. The van der Waals surface area contributed by atoms with E-state index >= 15 is 0 Å². The van der Waals surface area contributed by atoms with Crippen LogP contribution in [0.25, 0.3) is 0 Å². The first-order valence-electron chi connectivity index (χ1n) is 8.56. The average Bonchev–Trinajstić information content (AvgIpc) is 3.10. The number of carbonyl (C=O) groups excluding carboxylic acids is 3. The molecule has 1 heterocycles. The van der Waals surface area contributed by atoms with Gasteiger partial charge in [0.1, 0.15) is 0 Å². The molecular weight excluding hydrogens is 332 g/mol. The molecule has 1 aliphatic heterocycles. The Morgan fingerprint density at radius 3 is 2.69 bits per heavy atom. The molecular formula is C19H26N4O3. The van der Waals surface area contributed by atoms with E-state index in [2.05, 4.69) is 11.9 Å². The van der Waals surface area contributed by atoms with Crippen molar-refractivity contribution in [3.05, 3.63) is 42.5 Å². The lowest BCUT2D eigenvalue weighted by Crippen LogP contribution is -2.44. The van der Waals surface area contributed by atoms with E-state index in [-0.39, 0.29) is 30.3 Å². The Labute approximate surface area is 154 Å². The van der Waals surface area contributed by atoms with E-state index in [9.17, 15) is 14.4 Å². The maximum absolute atomic E-state index is 12.6. The van der Waals surface area contributed by atoms with Crippen LogP contribution in [-0.2, 0) is 16.0 Å². The van der Waals surface area contributed by atoms with Crippen LogP contribution in [0.15, 0.2) is 36.9 Å². The van der Waals surface area contributed by atoms with E-state index in [1.807, 2.05) is 6.07 Å². The quantitative estimate of drug-likeness (QED) is 0.812. The van der Waals surface area contributed by atoms with E-state index in [1.54, 1.807) is 49.1 Å². The van der Waals surface area contributed by atoms with Crippen molar-refractivity contribution in [1.82, 2.24) is 14.7 Å². The van der Waals surface area contributed by atoms with E-state index in [0.29, 0.717) is 18.8 Å². The molecule has 1 aromatic carbocycles. The van der Waals surface area contributed by atoms with E-state index in [1.165, 1.54) is 11.0 Å². The summed E-state index contributed by atoms with van der Waals surface area (Å²) >= 11 is 0. The molecule has 7 heteroatoms. The Morgan fingerprint density at radius 2 is 2.04 bits per heavy atom. The zero-order valence-electron chi connectivity index (χ0n) is 15.6. The van der Waals surface area contributed by atoms with Crippen LogP contribution in [0, 0.1) is 0 Å². The number of anilines is 1. The SMILES string of the molecule is C=CC(=O)Nc1cccc(CC(=O)N2CCC(N(C)C(=O)N(C)C)C2)c1. The summed E-state index contributed by atoms with van der Waals surface area (Å²) in [5.41, 5.74) is 1.47. The molecule has 1 aromatic rings. The highest BCUT2D eigenvalue weighted by molar-refractivity contribution is 5.98. The second kappa shape index (κ2) is 8.51. The van der Waals surface area contributed by atoms with Crippen molar-refractivity contribution in [2.24, 2.45) is 0 Å². The number of nitrogens with zero attached hydrogens (tertiary/aromatic N) is 3. The number of carbonyl (C=O) groups is 3. The standard InChI is InChI=1S/C19H26N4O3/c1-5-17(24)20-15-8-6-7-14(11-15)12-18(25)23-10-9-16(13-23)22(4)19(26)21(2)3/h5-8,11,16H,1,9-10,12-13H2,2-4H3,(H,20,24). The summed E-state index contributed by atoms with van der Waals surface area (Å²) in [7, 11) is 5.20. The lowest BCUT2D eigenvalue weighted by molar-refractivity contribution is -0.129. The Balaban J connectivity index is 1.94. The van der Waals surface area contributed by atoms with Gasteiger partial charge < -0.3 is 20.0 Å². The van der Waals surface area contributed by atoms with Gasteiger partial charge in [-0.15, -0.1) is 0 Å². The molecule has 1 N–H and O–H groups in total. The van der Waals surface area contributed by atoms with Gasteiger partial charge in [0.05, 0.1) is 12.5 Å². The largest absolute Gasteiger partial charge is 0.340 e. The molecule has 1 saturated heterocycles. The number of amides is 4. The van der Waals surface area contributed by atoms with Gasteiger partial charge in [0.15, 0.2) is 0 Å². The van der Waals surface area contributed by atoms with Gasteiger partial charge in [-0.05, 0) is 30.2 Å². The zero-order valence-corrected chi connectivity index (χ0v) is 15.6. The molecule has 0 aromatic heterocycles. The van der Waals surface area contributed by atoms with Crippen LogP contribution in [0.4, 0.5) is 10.5 Å². The van der Waals surface area contributed by atoms with Gasteiger partial charge in [-0.25, -0.2) is 4.79 Å². The van der Waals surface area contributed by atoms with Gasteiger partial charge >= 0.3 is 6.03 Å². The summed E-state index contributed by atoms with van der Waals surface area (Å²) < 4.78 is 0.